The van der Waals surface area contributed by atoms with E-state index in [2.05, 4.69) is 10.3 Å². The number of nitrogens with one attached hydrogen (secondary N) is 1. The minimum absolute atomic E-state index is 0.0117. The number of hydrogen-bond acceptors (Lipinski definition) is 5. The summed E-state index contributed by atoms with van der Waals surface area (Å²) in [7, 11) is 0. The van der Waals surface area contributed by atoms with E-state index < -0.39 is 10.8 Å². The first-order chi connectivity index (χ1) is 9.52. The highest BCUT2D eigenvalue weighted by Gasteiger charge is 2.22. The number of nitro groups is 1. The molecule has 0 radical (unpaired) electrons. The standard InChI is InChI=1S/C12H10ClN3O3S/c1-7-3-2-4-9(10(7)16(18)19)11(17)15-12-14-8(5-13)6-20-12/h2-4,6H,5H2,1H3,(H,14,15,17). The molecule has 0 saturated heterocycles. The third-order valence-electron chi connectivity index (χ3n) is 2.57. The number of alkyl halides is 1. The Balaban J connectivity index is 2.29. The smallest absolute Gasteiger partial charge is 0.285 e. The molecule has 0 unspecified atom stereocenters. The van der Waals surface area contributed by atoms with Crippen molar-refractivity contribution in [2.24, 2.45) is 0 Å². The second kappa shape index (κ2) is 5.98. The molecule has 0 spiro atoms. The molecule has 1 aromatic carbocycles. The van der Waals surface area contributed by atoms with Gasteiger partial charge < -0.3 is 0 Å². The first-order valence-electron chi connectivity index (χ1n) is 5.58. The van der Waals surface area contributed by atoms with Crippen molar-refractivity contribution in [2.75, 3.05) is 5.32 Å². The van der Waals surface area contributed by atoms with Crippen LogP contribution < -0.4 is 5.32 Å². The molecule has 0 aliphatic rings. The molecule has 0 aliphatic carbocycles. The summed E-state index contributed by atoms with van der Waals surface area (Å²) in [5.41, 5.74) is 0.894. The van der Waals surface area contributed by atoms with Crippen molar-refractivity contribution in [1.29, 1.82) is 0 Å². The van der Waals surface area contributed by atoms with Gasteiger partial charge in [-0.25, -0.2) is 4.98 Å². The van der Waals surface area contributed by atoms with Crippen molar-refractivity contribution >= 4 is 39.7 Å². The lowest BCUT2D eigenvalue weighted by Crippen LogP contribution is -2.14. The molecule has 6 nitrogen and oxygen atoms in total. The predicted molar refractivity (Wildman–Crippen MR) is 77.5 cm³/mol. The summed E-state index contributed by atoms with van der Waals surface area (Å²) in [5.74, 6) is -0.312. The van der Waals surface area contributed by atoms with Gasteiger partial charge in [0.25, 0.3) is 11.6 Å². The van der Waals surface area contributed by atoms with E-state index in [-0.39, 0.29) is 17.1 Å². The summed E-state index contributed by atoms with van der Waals surface area (Å²) in [6.45, 7) is 1.59. The maximum absolute atomic E-state index is 12.1. The first kappa shape index (κ1) is 14.4. The fourth-order valence-corrected chi connectivity index (χ4v) is 2.61. The van der Waals surface area contributed by atoms with Gasteiger partial charge in [-0.3, -0.25) is 20.2 Å². The van der Waals surface area contributed by atoms with Crippen molar-refractivity contribution in [2.45, 2.75) is 12.8 Å². The molecule has 1 aromatic heterocycles. The third kappa shape index (κ3) is 2.94. The molecule has 0 aliphatic heterocycles. The van der Waals surface area contributed by atoms with E-state index >= 15 is 0 Å². The second-order valence-corrected chi connectivity index (χ2v) is 5.09. The van der Waals surface area contributed by atoms with Crippen LogP contribution in [0.25, 0.3) is 0 Å². The number of aryl methyl sites for hydroxylation is 1. The molecule has 1 N–H and O–H groups in total. The number of amides is 1. The molecule has 0 bridgehead atoms. The number of halogens is 1. The average Bonchev–Trinajstić information content (AvgIpc) is 2.85. The van der Waals surface area contributed by atoms with Crippen LogP contribution in [0, 0.1) is 17.0 Å². The molecule has 0 saturated carbocycles. The lowest BCUT2D eigenvalue weighted by molar-refractivity contribution is -0.385. The van der Waals surface area contributed by atoms with Gasteiger partial charge in [-0.05, 0) is 13.0 Å². The highest BCUT2D eigenvalue weighted by Crippen LogP contribution is 2.25. The van der Waals surface area contributed by atoms with Crippen LogP contribution in [0.1, 0.15) is 21.6 Å². The number of hydrogen-bond donors (Lipinski definition) is 1. The summed E-state index contributed by atoms with van der Waals surface area (Å²) in [6.07, 6.45) is 0. The number of rotatable bonds is 4. The zero-order chi connectivity index (χ0) is 14.7. The minimum atomic E-state index is -0.559. The topological polar surface area (TPSA) is 85.1 Å². The van der Waals surface area contributed by atoms with Crippen molar-refractivity contribution in [3.05, 3.63) is 50.5 Å². The number of carbonyl (C=O) groups is 1. The van der Waals surface area contributed by atoms with Gasteiger partial charge in [0.15, 0.2) is 5.13 Å². The Morgan fingerprint density at radius 1 is 1.55 bits per heavy atom. The summed E-state index contributed by atoms with van der Waals surface area (Å²) in [5, 5.41) is 15.7. The molecule has 2 aromatic rings. The fourth-order valence-electron chi connectivity index (χ4n) is 1.67. The number of anilines is 1. The summed E-state index contributed by atoms with van der Waals surface area (Å²) in [6, 6.07) is 4.60. The number of nitrogens with zero attached hydrogens (tertiary/aromatic N) is 2. The number of aromatic nitrogens is 1. The SMILES string of the molecule is Cc1cccc(C(=O)Nc2nc(CCl)cs2)c1[N+](=O)[O-]. The Hall–Kier alpha value is -1.99. The van der Waals surface area contributed by atoms with E-state index in [1.165, 1.54) is 17.4 Å². The van der Waals surface area contributed by atoms with Gasteiger partial charge in [0.1, 0.15) is 5.56 Å². The molecule has 2 rings (SSSR count). The highest BCUT2D eigenvalue weighted by molar-refractivity contribution is 7.14. The Bertz CT molecular complexity index is 672. The van der Waals surface area contributed by atoms with Crippen LogP contribution in [-0.2, 0) is 5.88 Å². The first-order valence-corrected chi connectivity index (χ1v) is 7.00. The molecule has 1 amide bonds. The van der Waals surface area contributed by atoms with Gasteiger partial charge in [0.2, 0.25) is 0 Å². The number of thiazole rings is 1. The molecule has 0 atom stereocenters. The summed E-state index contributed by atoms with van der Waals surface area (Å²) >= 11 is 6.84. The van der Waals surface area contributed by atoms with Crippen LogP contribution in [0.5, 0.6) is 0 Å². The van der Waals surface area contributed by atoms with Gasteiger partial charge >= 0.3 is 0 Å². The molecule has 20 heavy (non-hydrogen) atoms. The average molecular weight is 312 g/mol. The third-order valence-corrected chi connectivity index (χ3v) is 3.65. The lowest BCUT2D eigenvalue weighted by atomic mass is 10.1. The van der Waals surface area contributed by atoms with E-state index in [0.29, 0.717) is 16.4 Å². The van der Waals surface area contributed by atoms with E-state index in [1.54, 1.807) is 24.4 Å². The quantitative estimate of drug-likeness (QED) is 0.533. The molecule has 0 fully saturated rings. The van der Waals surface area contributed by atoms with Crippen molar-refractivity contribution < 1.29 is 9.72 Å². The largest absolute Gasteiger partial charge is 0.298 e. The summed E-state index contributed by atoms with van der Waals surface area (Å²) < 4.78 is 0. The molecule has 104 valence electrons. The van der Waals surface area contributed by atoms with Gasteiger partial charge in [-0.1, -0.05) is 12.1 Å². The number of benzene rings is 1. The van der Waals surface area contributed by atoms with E-state index in [0.717, 1.165) is 0 Å². The van der Waals surface area contributed by atoms with Gasteiger partial charge in [-0.2, -0.15) is 0 Å². The van der Waals surface area contributed by atoms with Crippen LogP contribution in [0.15, 0.2) is 23.6 Å². The van der Waals surface area contributed by atoms with E-state index in [1.807, 2.05) is 0 Å². The normalized spacial score (nSPS) is 10.3. The van der Waals surface area contributed by atoms with Gasteiger partial charge in [0, 0.05) is 10.9 Å². The van der Waals surface area contributed by atoms with E-state index in [4.69, 9.17) is 11.6 Å². The van der Waals surface area contributed by atoms with Crippen LogP contribution in [0.4, 0.5) is 10.8 Å². The zero-order valence-electron chi connectivity index (χ0n) is 10.4. The second-order valence-electron chi connectivity index (χ2n) is 3.96. The number of para-hydroxylation sites is 1. The van der Waals surface area contributed by atoms with Gasteiger partial charge in [-0.15, -0.1) is 22.9 Å². The van der Waals surface area contributed by atoms with Crippen molar-refractivity contribution in [3.63, 3.8) is 0 Å². The maximum atomic E-state index is 12.1. The Morgan fingerprint density at radius 2 is 2.30 bits per heavy atom. The number of nitro benzene ring substituents is 1. The summed E-state index contributed by atoms with van der Waals surface area (Å²) in [4.78, 5) is 26.7. The van der Waals surface area contributed by atoms with Crippen molar-refractivity contribution in [1.82, 2.24) is 4.98 Å². The fraction of sp³-hybridized carbons (Fsp3) is 0.167. The molecular formula is C12H10ClN3O3S. The minimum Gasteiger partial charge on any atom is -0.298 e. The lowest BCUT2D eigenvalue weighted by Gasteiger charge is -2.04. The number of carbonyl (C=O) groups excluding carboxylic acids is 1. The Morgan fingerprint density at radius 3 is 2.90 bits per heavy atom. The maximum Gasteiger partial charge on any atom is 0.285 e. The van der Waals surface area contributed by atoms with E-state index in [9.17, 15) is 14.9 Å². The highest BCUT2D eigenvalue weighted by atomic mass is 35.5. The zero-order valence-corrected chi connectivity index (χ0v) is 12.0. The predicted octanol–water partition coefficient (Wildman–Crippen LogP) is 3.35. The van der Waals surface area contributed by atoms with Crippen LogP contribution >= 0.6 is 22.9 Å². The van der Waals surface area contributed by atoms with Gasteiger partial charge in [0.05, 0.1) is 16.5 Å². The Labute approximate surface area is 123 Å². The Kier molecular flexibility index (Phi) is 4.31. The van der Waals surface area contributed by atoms with Crippen LogP contribution in [-0.4, -0.2) is 15.8 Å². The molecular weight excluding hydrogens is 302 g/mol. The van der Waals surface area contributed by atoms with Crippen molar-refractivity contribution in [3.8, 4) is 0 Å². The molecule has 1 heterocycles. The monoisotopic (exact) mass is 311 g/mol. The van der Waals surface area contributed by atoms with Crippen LogP contribution in [0.2, 0.25) is 0 Å². The van der Waals surface area contributed by atoms with Crippen LogP contribution in [0.3, 0.4) is 0 Å². The molecule has 8 heteroatoms.